The van der Waals surface area contributed by atoms with Gasteiger partial charge in [0.05, 0.1) is 12.2 Å². The van der Waals surface area contributed by atoms with Gasteiger partial charge < -0.3 is 14.5 Å². The van der Waals surface area contributed by atoms with Gasteiger partial charge in [0.1, 0.15) is 5.75 Å². The van der Waals surface area contributed by atoms with Crippen LogP contribution in [0.2, 0.25) is 0 Å². The number of nitrogens with two attached hydrogens (primary N) is 1. The van der Waals surface area contributed by atoms with E-state index >= 15 is 0 Å². The lowest BCUT2D eigenvalue weighted by molar-refractivity contribution is -0.137. The molecule has 0 radical (unpaired) electrons. The zero-order chi connectivity index (χ0) is 19.4. The number of phosphoric ester groups is 1. The van der Waals surface area contributed by atoms with Crippen molar-refractivity contribution in [3.63, 3.8) is 0 Å². The Kier molecular flexibility index (Phi) is 6.10. The van der Waals surface area contributed by atoms with Gasteiger partial charge in [-0.3, -0.25) is 10.3 Å². The highest BCUT2D eigenvalue weighted by Gasteiger charge is 2.36. The van der Waals surface area contributed by atoms with Crippen LogP contribution in [0.15, 0.2) is 54.6 Å². The van der Waals surface area contributed by atoms with Crippen LogP contribution in [0.4, 0.5) is 13.2 Å². The summed E-state index contributed by atoms with van der Waals surface area (Å²) >= 11 is 0. The Balaban J connectivity index is 2.12. The van der Waals surface area contributed by atoms with E-state index in [9.17, 15) is 17.7 Å². The molecule has 0 bridgehead atoms. The van der Waals surface area contributed by atoms with E-state index in [0.29, 0.717) is 0 Å². The molecule has 0 aromatic heterocycles. The van der Waals surface area contributed by atoms with Gasteiger partial charge in [0, 0.05) is 6.42 Å². The predicted octanol–water partition coefficient (Wildman–Crippen LogP) is 3.40. The van der Waals surface area contributed by atoms with E-state index in [1.54, 1.807) is 18.2 Å². The molecule has 2 aromatic carbocycles. The number of alkyl halides is 3. The maximum absolute atomic E-state index is 12.7. The molecule has 0 saturated carbocycles. The van der Waals surface area contributed by atoms with Crippen LogP contribution in [0.25, 0.3) is 0 Å². The molecule has 4 N–H and O–H groups in total. The molecule has 0 amide bonds. The van der Waals surface area contributed by atoms with Crippen LogP contribution in [-0.2, 0) is 21.0 Å². The monoisotopic (exact) mass is 391 g/mol. The fourth-order valence-corrected chi connectivity index (χ4v) is 2.88. The molecular formula is C16H17F3NO5P. The Bertz CT molecular complexity index is 781. The summed E-state index contributed by atoms with van der Waals surface area (Å²) in [6, 6.07) is 12.2. The van der Waals surface area contributed by atoms with Crippen molar-refractivity contribution in [2.45, 2.75) is 18.3 Å². The van der Waals surface area contributed by atoms with Crippen LogP contribution in [0, 0.1) is 0 Å². The topological polar surface area (TPSA) is 102 Å². The van der Waals surface area contributed by atoms with Crippen molar-refractivity contribution in [2.24, 2.45) is 5.73 Å². The van der Waals surface area contributed by atoms with Gasteiger partial charge in [0.15, 0.2) is 5.72 Å². The molecule has 0 aliphatic rings. The van der Waals surface area contributed by atoms with Crippen molar-refractivity contribution in [3.05, 3.63) is 65.7 Å². The highest BCUT2D eigenvalue weighted by Crippen LogP contribution is 2.44. The molecule has 1 unspecified atom stereocenters. The second kappa shape index (κ2) is 7.77. The lowest BCUT2D eigenvalue weighted by Crippen LogP contribution is -2.40. The van der Waals surface area contributed by atoms with E-state index in [4.69, 9.17) is 24.8 Å². The summed E-state index contributed by atoms with van der Waals surface area (Å²) in [6.45, 7) is -0.229. The van der Waals surface area contributed by atoms with E-state index in [1.807, 2.05) is 0 Å². The number of benzene rings is 2. The zero-order valence-electron chi connectivity index (χ0n) is 13.4. The summed E-state index contributed by atoms with van der Waals surface area (Å²) in [5.41, 5.74) is 3.54. The van der Waals surface area contributed by atoms with E-state index in [-0.39, 0.29) is 24.3 Å². The Morgan fingerprint density at radius 2 is 1.62 bits per heavy atom. The third kappa shape index (κ3) is 5.82. The quantitative estimate of drug-likeness (QED) is 0.494. The molecule has 0 spiro atoms. The number of hydrogen-bond acceptors (Lipinski definition) is 4. The molecule has 6 nitrogen and oxygen atoms in total. The molecule has 2 rings (SSSR count). The van der Waals surface area contributed by atoms with Gasteiger partial charge >= 0.3 is 14.0 Å². The van der Waals surface area contributed by atoms with Gasteiger partial charge in [-0.2, -0.15) is 13.2 Å². The fourth-order valence-electron chi connectivity index (χ4n) is 2.26. The Hall–Kier alpha value is -1.90. The van der Waals surface area contributed by atoms with Crippen LogP contribution in [0.1, 0.15) is 17.5 Å². The van der Waals surface area contributed by atoms with Crippen molar-refractivity contribution < 1.29 is 36.8 Å². The second-order valence-electron chi connectivity index (χ2n) is 5.46. The van der Waals surface area contributed by atoms with E-state index in [0.717, 1.165) is 12.1 Å². The lowest BCUT2D eigenvalue weighted by Gasteiger charge is -2.30. The molecular weight excluding hydrogens is 374 g/mol. The van der Waals surface area contributed by atoms with Crippen molar-refractivity contribution in [3.8, 4) is 5.75 Å². The summed E-state index contributed by atoms with van der Waals surface area (Å²) < 4.78 is 59.3. The van der Waals surface area contributed by atoms with Gasteiger partial charge in [-0.25, -0.2) is 4.57 Å². The molecule has 142 valence electrons. The first-order valence-electron chi connectivity index (χ1n) is 7.40. The number of ether oxygens (including phenoxy) is 1. The number of rotatable bonds is 7. The Labute approximate surface area is 147 Å². The number of hydrogen-bond donors (Lipinski definition) is 3. The highest BCUT2D eigenvalue weighted by atomic mass is 31.2. The number of phosphoric acid groups is 1. The molecule has 1 atom stereocenters. The Morgan fingerprint density at radius 3 is 2.19 bits per heavy atom. The standard InChI is InChI=1S/C16H17F3NO5P/c17-16(18,19)13-7-4-8-14(11-13)24-10-9-15(20,25-26(21,22)23)12-5-2-1-3-6-12/h1-8,11H,9-10,20H2,(H2,21,22,23). The minimum atomic E-state index is -4.92. The third-order valence-corrected chi connectivity index (χ3v) is 4.01. The van der Waals surface area contributed by atoms with E-state index < -0.39 is 25.3 Å². The summed E-state index contributed by atoms with van der Waals surface area (Å²) in [5.74, 6) is -0.0496. The fraction of sp³-hybridized carbons (Fsp3) is 0.250. The average molecular weight is 391 g/mol. The maximum atomic E-state index is 12.7. The molecule has 10 heteroatoms. The third-order valence-electron chi connectivity index (χ3n) is 3.45. The lowest BCUT2D eigenvalue weighted by atomic mass is 10.0. The SMILES string of the molecule is NC(CCOc1cccc(C(F)(F)F)c1)(OP(=O)(O)O)c1ccccc1. The molecule has 0 fully saturated rings. The van der Waals surface area contributed by atoms with E-state index in [1.165, 1.54) is 24.3 Å². The molecule has 0 aliphatic heterocycles. The van der Waals surface area contributed by atoms with Gasteiger partial charge in [-0.1, -0.05) is 36.4 Å². The summed E-state index contributed by atoms with van der Waals surface area (Å²) in [5, 5.41) is 0. The molecule has 26 heavy (non-hydrogen) atoms. The van der Waals surface area contributed by atoms with Crippen LogP contribution in [-0.4, -0.2) is 16.4 Å². The number of halogens is 3. The minimum absolute atomic E-state index is 0.0496. The molecule has 0 aliphatic carbocycles. The van der Waals surface area contributed by atoms with Crippen LogP contribution in [0.3, 0.4) is 0 Å². The van der Waals surface area contributed by atoms with E-state index in [2.05, 4.69) is 0 Å². The summed E-state index contributed by atoms with van der Waals surface area (Å²) in [6.07, 6.45) is -4.72. The largest absolute Gasteiger partial charge is 0.493 e. The van der Waals surface area contributed by atoms with Crippen molar-refractivity contribution in [1.29, 1.82) is 0 Å². The summed E-state index contributed by atoms with van der Waals surface area (Å²) in [7, 11) is -4.92. The molecule has 2 aromatic rings. The van der Waals surface area contributed by atoms with Gasteiger partial charge in [0.25, 0.3) is 0 Å². The zero-order valence-corrected chi connectivity index (χ0v) is 14.3. The minimum Gasteiger partial charge on any atom is -0.493 e. The van der Waals surface area contributed by atoms with Crippen LogP contribution >= 0.6 is 7.82 Å². The average Bonchev–Trinajstić information content (AvgIpc) is 2.53. The van der Waals surface area contributed by atoms with Crippen LogP contribution in [0.5, 0.6) is 5.75 Å². The smallest absolute Gasteiger partial charge is 0.471 e. The van der Waals surface area contributed by atoms with Gasteiger partial charge in [-0.15, -0.1) is 0 Å². The maximum Gasteiger partial charge on any atom is 0.471 e. The van der Waals surface area contributed by atoms with Crippen LogP contribution < -0.4 is 10.5 Å². The normalized spacial score (nSPS) is 14.7. The highest BCUT2D eigenvalue weighted by molar-refractivity contribution is 7.46. The summed E-state index contributed by atoms with van der Waals surface area (Å²) in [4.78, 5) is 18.2. The first kappa shape index (κ1) is 20.4. The first-order chi connectivity index (χ1) is 12.0. The second-order valence-corrected chi connectivity index (χ2v) is 6.63. The Morgan fingerprint density at radius 1 is 1.00 bits per heavy atom. The first-order valence-corrected chi connectivity index (χ1v) is 8.93. The van der Waals surface area contributed by atoms with Crippen molar-refractivity contribution in [1.82, 2.24) is 0 Å². The van der Waals surface area contributed by atoms with Crippen molar-refractivity contribution in [2.75, 3.05) is 6.61 Å². The van der Waals surface area contributed by atoms with Gasteiger partial charge in [-0.05, 0) is 23.8 Å². The molecule has 0 heterocycles. The van der Waals surface area contributed by atoms with Gasteiger partial charge in [0.2, 0.25) is 0 Å². The predicted molar refractivity (Wildman–Crippen MR) is 87.0 cm³/mol. The van der Waals surface area contributed by atoms with Crippen molar-refractivity contribution >= 4 is 7.82 Å². The molecule has 0 saturated heterocycles.